The van der Waals surface area contributed by atoms with Gasteiger partial charge < -0.3 is 14.2 Å². The van der Waals surface area contributed by atoms with Crippen molar-refractivity contribution in [3.63, 3.8) is 0 Å². The van der Waals surface area contributed by atoms with Crippen LogP contribution in [-0.2, 0) is 16.1 Å². The Labute approximate surface area is 98.7 Å². The summed E-state index contributed by atoms with van der Waals surface area (Å²) in [4.78, 5) is 14.9. The van der Waals surface area contributed by atoms with Gasteiger partial charge in [0.1, 0.15) is 5.65 Å². The molecule has 1 unspecified atom stereocenters. The second kappa shape index (κ2) is 4.55. The lowest BCUT2D eigenvalue weighted by Gasteiger charge is -2.05. The van der Waals surface area contributed by atoms with Crippen LogP contribution in [0.4, 0.5) is 0 Å². The lowest BCUT2D eigenvalue weighted by atomic mass is 10.3. The zero-order valence-electron chi connectivity index (χ0n) is 9.75. The molecule has 5 nitrogen and oxygen atoms in total. The molecule has 2 heterocycles. The Bertz CT molecular complexity index is 548. The van der Waals surface area contributed by atoms with E-state index >= 15 is 0 Å². The maximum Gasteiger partial charge on any atom is 0.332 e. The van der Waals surface area contributed by atoms with Crippen LogP contribution < -0.4 is 0 Å². The Morgan fingerprint density at radius 1 is 1.53 bits per heavy atom. The number of ether oxygens (including phenoxy) is 1. The van der Waals surface area contributed by atoms with E-state index in [1.165, 1.54) is 6.92 Å². The highest BCUT2D eigenvalue weighted by Crippen LogP contribution is 2.09. The van der Waals surface area contributed by atoms with E-state index in [4.69, 9.17) is 9.84 Å². The number of aryl methyl sites for hydroxylation is 1. The number of rotatable bonds is 4. The van der Waals surface area contributed by atoms with Crippen LogP contribution in [0.25, 0.3) is 5.65 Å². The SMILES string of the molecule is Cc1ccc2nc(COC(C)C(=O)O)cn2c1. The summed E-state index contributed by atoms with van der Waals surface area (Å²) >= 11 is 0. The van der Waals surface area contributed by atoms with Crippen LogP contribution in [0.1, 0.15) is 18.2 Å². The van der Waals surface area contributed by atoms with Gasteiger partial charge in [-0.3, -0.25) is 0 Å². The average Bonchev–Trinajstić information content (AvgIpc) is 2.67. The molecule has 0 aromatic carbocycles. The molecule has 0 aliphatic carbocycles. The molecule has 2 aromatic rings. The van der Waals surface area contributed by atoms with Crippen molar-refractivity contribution in [1.82, 2.24) is 9.38 Å². The van der Waals surface area contributed by atoms with Crippen molar-refractivity contribution in [1.29, 1.82) is 0 Å². The molecule has 5 heteroatoms. The minimum atomic E-state index is -0.968. The van der Waals surface area contributed by atoms with E-state index in [0.29, 0.717) is 0 Å². The van der Waals surface area contributed by atoms with Gasteiger partial charge in [-0.05, 0) is 25.5 Å². The molecule has 0 amide bonds. The second-order valence-electron chi connectivity index (χ2n) is 4.00. The summed E-state index contributed by atoms with van der Waals surface area (Å²) in [5.41, 5.74) is 2.70. The summed E-state index contributed by atoms with van der Waals surface area (Å²) in [6, 6.07) is 3.90. The number of fused-ring (bicyclic) bond motifs is 1. The van der Waals surface area contributed by atoms with Crippen LogP contribution >= 0.6 is 0 Å². The van der Waals surface area contributed by atoms with E-state index < -0.39 is 12.1 Å². The molecule has 0 fully saturated rings. The molecule has 2 aromatic heterocycles. The standard InChI is InChI=1S/C12H14N2O3/c1-8-3-4-11-13-10(6-14(11)5-8)7-17-9(2)12(15)16/h3-6,9H,7H2,1-2H3,(H,15,16). The van der Waals surface area contributed by atoms with Gasteiger partial charge in [-0.2, -0.15) is 0 Å². The first kappa shape index (κ1) is 11.6. The zero-order valence-corrected chi connectivity index (χ0v) is 9.75. The third kappa shape index (κ3) is 2.62. The fourth-order valence-corrected chi connectivity index (χ4v) is 1.51. The van der Waals surface area contributed by atoms with Gasteiger partial charge in [-0.15, -0.1) is 0 Å². The van der Waals surface area contributed by atoms with Crippen molar-refractivity contribution < 1.29 is 14.6 Å². The first-order valence-corrected chi connectivity index (χ1v) is 5.35. The minimum Gasteiger partial charge on any atom is -0.479 e. The van der Waals surface area contributed by atoms with Crippen molar-refractivity contribution in [3.8, 4) is 0 Å². The van der Waals surface area contributed by atoms with Crippen LogP contribution in [0.5, 0.6) is 0 Å². The first-order chi connectivity index (χ1) is 8.06. The molecule has 0 spiro atoms. The van der Waals surface area contributed by atoms with Gasteiger partial charge in [0.05, 0.1) is 12.3 Å². The zero-order chi connectivity index (χ0) is 12.4. The molecule has 0 radical (unpaired) electrons. The topological polar surface area (TPSA) is 63.8 Å². The van der Waals surface area contributed by atoms with E-state index in [0.717, 1.165) is 16.9 Å². The van der Waals surface area contributed by atoms with Crippen LogP contribution in [0.15, 0.2) is 24.5 Å². The molecule has 1 atom stereocenters. The summed E-state index contributed by atoms with van der Waals surface area (Å²) < 4.78 is 7.08. The van der Waals surface area contributed by atoms with Crippen LogP contribution in [-0.4, -0.2) is 26.6 Å². The summed E-state index contributed by atoms with van der Waals surface area (Å²) in [7, 11) is 0. The maximum absolute atomic E-state index is 10.6. The highest BCUT2D eigenvalue weighted by atomic mass is 16.5. The first-order valence-electron chi connectivity index (χ1n) is 5.35. The van der Waals surface area contributed by atoms with E-state index in [9.17, 15) is 4.79 Å². The Hall–Kier alpha value is -1.88. The van der Waals surface area contributed by atoms with Crippen molar-refractivity contribution in [3.05, 3.63) is 35.8 Å². The predicted molar refractivity (Wildman–Crippen MR) is 61.8 cm³/mol. The lowest BCUT2D eigenvalue weighted by Crippen LogP contribution is -2.19. The van der Waals surface area contributed by atoms with Gasteiger partial charge in [0.15, 0.2) is 6.10 Å². The smallest absolute Gasteiger partial charge is 0.332 e. The Kier molecular flexibility index (Phi) is 3.10. The molecular formula is C12H14N2O3. The number of carboxylic acid groups (broad SMARTS) is 1. The van der Waals surface area contributed by atoms with Crippen molar-refractivity contribution in [2.75, 3.05) is 0 Å². The second-order valence-corrected chi connectivity index (χ2v) is 4.00. The fraction of sp³-hybridized carbons (Fsp3) is 0.333. The minimum absolute atomic E-state index is 0.203. The van der Waals surface area contributed by atoms with Gasteiger partial charge in [0, 0.05) is 12.4 Å². The molecule has 0 aliphatic rings. The number of carboxylic acids is 1. The maximum atomic E-state index is 10.6. The van der Waals surface area contributed by atoms with E-state index in [2.05, 4.69) is 4.98 Å². The molecule has 2 rings (SSSR count). The molecule has 1 N–H and O–H groups in total. The monoisotopic (exact) mass is 234 g/mol. The van der Waals surface area contributed by atoms with E-state index in [-0.39, 0.29) is 6.61 Å². The van der Waals surface area contributed by atoms with Gasteiger partial charge >= 0.3 is 5.97 Å². The number of aliphatic carboxylic acids is 1. The largest absolute Gasteiger partial charge is 0.479 e. The highest BCUT2D eigenvalue weighted by Gasteiger charge is 2.12. The van der Waals surface area contributed by atoms with Crippen molar-refractivity contribution in [2.45, 2.75) is 26.6 Å². The Balaban J connectivity index is 2.12. The highest BCUT2D eigenvalue weighted by molar-refractivity contribution is 5.71. The van der Waals surface area contributed by atoms with E-state index in [1.807, 2.05) is 35.9 Å². The summed E-state index contributed by atoms with van der Waals surface area (Å²) in [5.74, 6) is -0.968. The number of aromatic nitrogens is 2. The van der Waals surface area contributed by atoms with Crippen LogP contribution in [0.3, 0.4) is 0 Å². The summed E-state index contributed by atoms with van der Waals surface area (Å²) in [6.45, 7) is 3.71. The quantitative estimate of drug-likeness (QED) is 0.873. The van der Waals surface area contributed by atoms with Gasteiger partial charge in [-0.1, -0.05) is 6.07 Å². The lowest BCUT2D eigenvalue weighted by molar-refractivity contribution is -0.149. The van der Waals surface area contributed by atoms with Crippen LogP contribution in [0, 0.1) is 6.92 Å². The molecule has 0 aliphatic heterocycles. The molecular weight excluding hydrogens is 220 g/mol. The molecule has 17 heavy (non-hydrogen) atoms. The third-order valence-corrected chi connectivity index (χ3v) is 2.48. The number of hydrogen-bond acceptors (Lipinski definition) is 3. The van der Waals surface area contributed by atoms with E-state index in [1.54, 1.807) is 0 Å². The third-order valence-electron chi connectivity index (χ3n) is 2.48. The molecule has 0 saturated heterocycles. The number of nitrogens with zero attached hydrogens (tertiary/aromatic N) is 2. The number of hydrogen-bond donors (Lipinski definition) is 1. The number of pyridine rings is 1. The summed E-state index contributed by atoms with van der Waals surface area (Å²) in [5, 5.41) is 8.69. The number of imidazole rings is 1. The molecule has 0 saturated carbocycles. The van der Waals surface area contributed by atoms with Crippen LogP contribution in [0.2, 0.25) is 0 Å². The Morgan fingerprint density at radius 2 is 2.29 bits per heavy atom. The van der Waals surface area contributed by atoms with Gasteiger partial charge in [0.2, 0.25) is 0 Å². The molecule has 90 valence electrons. The predicted octanol–water partition coefficient (Wildman–Crippen LogP) is 1.63. The average molecular weight is 234 g/mol. The molecule has 0 bridgehead atoms. The normalized spacial score (nSPS) is 12.8. The number of carbonyl (C=O) groups is 1. The van der Waals surface area contributed by atoms with Gasteiger partial charge in [0.25, 0.3) is 0 Å². The van der Waals surface area contributed by atoms with Gasteiger partial charge in [-0.25, -0.2) is 9.78 Å². The van der Waals surface area contributed by atoms with Crippen molar-refractivity contribution in [2.24, 2.45) is 0 Å². The summed E-state index contributed by atoms with van der Waals surface area (Å²) in [6.07, 6.45) is 2.99. The Morgan fingerprint density at radius 3 is 3.00 bits per heavy atom. The van der Waals surface area contributed by atoms with Crippen molar-refractivity contribution >= 4 is 11.6 Å². The fourth-order valence-electron chi connectivity index (χ4n) is 1.51.